The molecule has 1 aromatic heterocycles. The zero-order valence-corrected chi connectivity index (χ0v) is 25.1. The summed E-state index contributed by atoms with van der Waals surface area (Å²) in [5.74, 6) is -4.96. The van der Waals surface area contributed by atoms with Crippen molar-refractivity contribution >= 4 is 61.9 Å². The fraction of sp³-hybridized carbons (Fsp3) is 0.300. The average molecular weight is 622 g/mol. The normalized spacial score (nSPS) is 17.1. The summed E-state index contributed by atoms with van der Waals surface area (Å²) in [6.45, 7) is 2.21. The van der Waals surface area contributed by atoms with Crippen LogP contribution in [0.4, 0.5) is 10.8 Å². The summed E-state index contributed by atoms with van der Waals surface area (Å²) >= 11 is 0.893. The number of esters is 1. The Balaban J connectivity index is 0.00000588. The first-order valence-electron chi connectivity index (χ1n) is 10.8. The maximum absolute atomic E-state index is 13.0. The molecule has 0 radical (unpaired) electrons. The van der Waals surface area contributed by atoms with E-state index in [-0.39, 0.29) is 57.0 Å². The van der Waals surface area contributed by atoms with Crippen LogP contribution in [0.3, 0.4) is 0 Å². The van der Waals surface area contributed by atoms with Gasteiger partial charge >= 0.3 is 35.5 Å². The van der Waals surface area contributed by atoms with Crippen molar-refractivity contribution in [2.75, 3.05) is 5.73 Å². The van der Waals surface area contributed by atoms with Crippen LogP contribution in [0.2, 0.25) is 0 Å². The Morgan fingerprint density at radius 3 is 2.37 bits per heavy atom. The Labute approximate surface area is 257 Å². The first-order valence-corrected chi connectivity index (χ1v) is 13.0. The van der Waals surface area contributed by atoms with E-state index >= 15 is 0 Å². The van der Waals surface area contributed by atoms with Crippen LogP contribution in [-0.2, 0) is 45.7 Å². The molecule has 5 N–H and O–H groups in total. The third-order valence-corrected chi connectivity index (χ3v) is 6.79. The van der Waals surface area contributed by atoms with Gasteiger partial charge in [0.25, 0.3) is 17.5 Å². The molecule has 1 aliphatic heterocycles. The smallest absolute Gasteiger partial charge is 0.731 e. The molecular weight excluding hydrogens is 601 g/mol. The first-order chi connectivity index (χ1) is 18.5. The number of carbonyl (C=O) groups excluding carboxylic acids is 4. The van der Waals surface area contributed by atoms with Crippen LogP contribution in [0.1, 0.15) is 25.1 Å². The van der Waals surface area contributed by atoms with Gasteiger partial charge in [-0.05, 0) is 31.5 Å². The number of non-ortho nitro benzene ring substituents is 1. The van der Waals surface area contributed by atoms with E-state index in [1.807, 2.05) is 5.32 Å². The summed E-state index contributed by atoms with van der Waals surface area (Å²) in [6, 6.07) is 1.39. The summed E-state index contributed by atoms with van der Waals surface area (Å²) < 4.78 is 38.7. The molecule has 1 fully saturated rings. The molecule has 0 aliphatic carbocycles. The predicted molar refractivity (Wildman–Crippen MR) is 133 cm³/mol. The van der Waals surface area contributed by atoms with Crippen LogP contribution in [0.25, 0.3) is 0 Å². The number of benzene rings is 1. The van der Waals surface area contributed by atoms with Crippen LogP contribution in [0.5, 0.6) is 0 Å². The molecule has 0 bridgehead atoms. The topological polar surface area (TPSA) is 280 Å². The van der Waals surface area contributed by atoms with Crippen molar-refractivity contribution in [3.05, 3.63) is 51.0 Å². The molecule has 1 saturated heterocycles. The number of nitro groups is 1. The summed E-state index contributed by atoms with van der Waals surface area (Å²) in [5.41, 5.74) is 8.34. The third kappa shape index (κ3) is 7.74. The maximum Gasteiger partial charge on any atom is 1.00 e. The largest absolute Gasteiger partial charge is 1.00 e. The fourth-order valence-corrected chi connectivity index (χ4v) is 4.56. The van der Waals surface area contributed by atoms with Crippen LogP contribution in [0, 0.1) is 10.1 Å². The molecular formula is C20H20N7NaO11S2. The van der Waals surface area contributed by atoms with Crippen molar-refractivity contribution in [1.82, 2.24) is 14.6 Å². The maximum atomic E-state index is 13.0. The number of aromatic nitrogens is 1. The van der Waals surface area contributed by atoms with E-state index in [4.69, 9.17) is 21.0 Å². The molecule has 214 valence electrons. The molecule has 1 aromatic carbocycles. The molecule has 3 amide bonds. The number of anilines is 1. The number of carbonyl (C=O) groups is 4. The molecule has 0 unspecified atom stereocenters. The second-order valence-corrected chi connectivity index (χ2v) is 10.6. The van der Waals surface area contributed by atoms with Crippen molar-refractivity contribution in [2.45, 2.75) is 38.1 Å². The number of nitro benzene ring substituents is 1. The van der Waals surface area contributed by atoms with Crippen LogP contribution in [-0.4, -0.2) is 74.3 Å². The molecule has 2 atom stereocenters. The molecule has 0 saturated carbocycles. The quantitative estimate of drug-likeness (QED) is 0.0406. The minimum absolute atomic E-state index is 0. The number of nitrogens with one attached hydrogen (secondary N) is 1. The van der Waals surface area contributed by atoms with Crippen molar-refractivity contribution in [3.63, 3.8) is 0 Å². The van der Waals surface area contributed by atoms with Gasteiger partial charge in [-0.2, -0.15) is 0 Å². The van der Waals surface area contributed by atoms with Crippen molar-refractivity contribution in [1.29, 1.82) is 0 Å². The second-order valence-electron chi connectivity index (χ2n) is 8.50. The van der Waals surface area contributed by atoms with E-state index in [2.05, 4.69) is 10.1 Å². The number of nitrogen functional groups attached to an aromatic ring is 1. The van der Waals surface area contributed by atoms with Gasteiger partial charge in [0.1, 0.15) is 18.3 Å². The number of rotatable bonds is 11. The van der Waals surface area contributed by atoms with E-state index in [9.17, 15) is 42.3 Å². The van der Waals surface area contributed by atoms with Gasteiger partial charge in [-0.3, -0.25) is 24.5 Å². The molecule has 1 aliphatic rings. The summed E-state index contributed by atoms with van der Waals surface area (Å²) in [4.78, 5) is 68.8. The number of ether oxygens (including phenoxy) is 1. The van der Waals surface area contributed by atoms with Crippen LogP contribution < -0.4 is 46.3 Å². The molecule has 41 heavy (non-hydrogen) atoms. The van der Waals surface area contributed by atoms with E-state index < -0.39 is 62.3 Å². The summed E-state index contributed by atoms with van der Waals surface area (Å²) in [7, 11) is -5.40. The second kappa shape index (κ2) is 12.9. The number of oxime groups is 1. The van der Waals surface area contributed by atoms with Crippen molar-refractivity contribution in [3.8, 4) is 0 Å². The van der Waals surface area contributed by atoms with Crippen LogP contribution >= 0.6 is 11.3 Å². The first kappa shape index (κ1) is 33.5. The number of nitrogens with zero attached hydrogens (tertiary/aromatic N) is 4. The number of primary amides is 1. The van der Waals surface area contributed by atoms with Gasteiger partial charge in [0, 0.05) is 17.5 Å². The van der Waals surface area contributed by atoms with E-state index in [1.165, 1.54) is 43.5 Å². The third-order valence-electron chi connectivity index (χ3n) is 5.22. The predicted octanol–water partition coefficient (Wildman–Crippen LogP) is -4.48. The van der Waals surface area contributed by atoms with Gasteiger partial charge in [0.15, 0.2) is 27.2 Å². The van der Waals surface area contributed by atoms with Gasteiger partial charge in [-0.25, -0.2) is 22.5 Å². The Bertz CT molecular complexity index is 1510. The Kier molecular flexibility index (Phi) is 10.5. The van der Waals surface area contributed by atoms with Gasteiger partial charge in [-0.1, -0.05) is 5.16 Å². The minimum atomic E-state index is -5.40. The van der Waals surface area contributed by atoms with Gasteiger partial charge in [-0.15, -0.1) is 11.3 Å². The average Bonchev–Trinajstić information content (AvgIpc) is 3.28. The summed E-state index contributed by atoms with van der Waals surface area (Å²) in [6.07, 6.45) is 0. The Hall–Kier alpha value is -3.69. The number of amides is 3. The van der Waals surface area contributed by atoms with Crippen LogP contribution in [0.15, 0.2) is 34.8 Å². The molecule has 2 aromatic rings. The number of nitrogens with two attached hydrogens (primary N) is 2. The monoisotopic (exact) mass is 621 g/mol. The summed E-state index contributed by atoms with van der Waals surface area (Å²) in [5, 5.41) is 17.7. The standard InChI is InChI=1S/C20H21N7O11S2.Na/c1-20(2,18(31)37-7-9-3-5-10(6-4-9)27(32)33)38-25-12(11-8-39-19(22)23-11)16(29)24-13-14(15(21)28)26(17(13)30)40(34,35)36;/h3-6,8,13-14H,7H2,1-2H3,(H2,21,28)(H2,22,23)(H,24,29)(H,34,35,36);/q;+1/p-1/t13-,14-;/m1./s1. The number of β-lactam (4-membered cyclic amide) rings is 1. The van der Waals surface area contributed by atoms with Gasteiger partial charge in [0.2, 0.25) is 11.5 Å². The molecule has 18 nitrogen and oxygen atoms in total. The van der Waals surface area contributed by atoms with E-state index in [1.54, 1.807) is 0 Å². The van der Waals surface area contributed by atoms with Gasteiger partial charge < -0.3 is 30.9 Å². The zero-order valence-electron chi connectivity index (χ0n) is 21.5. The molecule has 2 heterocycles. The molecule has 21 heteroatoms. The molecule has 3 rings (SSSR count). The Morgan fingerprint density at radius 1 is 1.27 bits per heavy atom. The van der Waals surface area contributed by atoms with Gasteiger partial charge in [0.05, 0.1) is 4.92 Å². The van der Waals surface area contributed by atoms with Crippen molar-refractivity contribution in [2.24, 2.45) is 10.9 Å². The zero-order chi connectivity index (χ0) is 30.0. The molecule has 0 spiro atoms. The number of hydrogen-bond donors (Lipinski definition) is 3. The fourth-order valence-electron chi connectivity index (χ4n) is 3.18. The Morgan fingerprint density at radius 2 is 1.88 bits per heavy atom. The van der Waals surface area contributed by atoms with Crippen molar-refractivity contribution < 1.29 is 76.2 Å². The number of thiazole rings is 1. The van der Waals surface area contributed by atoms with E-state index in [0.717, 1.165) is 11.3 Å². The minimum Gasteiger partial charge on any atom is -0.731 e. The number of hydrogen-bond acceptors (Lipinski definition) is 15. The van der Waals surface area contributed by atoms with E-state index in [0.29, 0.717) is 5.56 Å². The SMILES string of the molecule is CC(C)(ON=C(C(=O)N[C@H]1C(=O)N(S(=O)(=O)[O-])[C@H]1C(N)=O)c1csc(N)n1)C(=O)OCc1ccc([N+](=O)[O-])cc1.[Na+].